The Labute approximate surface area is 127 Å². The van der Waals surface area contributed by atoms with Crippen LogP contribution < -0.4 is 16.6 Å². The van der Waals surface area contributed by atoms with E-state index in [9.17, 15) is 0 Å². The molecule has 4 N–H and O–H groups in total. The van der Waals surface area contributed by atoms with Crippen molar-refractivity contribution in [1.29, 1.82) is 0 Å². The second-order valence-electron chi connectivity index (χ2n) is 4.53. The number of hydrogen-bond donors (Lipinski definition) is 3. The second kappa shape index (κ2) is 5.95. The maximum absolute atomic E-state index is 6.08. The molecule has 0 saturated heterocycles. The first-order valence-electron chi connectivity index (χ1n) is 6.47. The van der Waals surface area contributed by atoms with E-state index in [-0.39, 0.29) is 0 Å². The molecule has 3 aromatic rings. The van der Waals surface area contributed by atoms with E-state index < -0.39 is 0 Å². The summed E-state index contributed by atoms with van der Waals surface area (Å²) in [5, 5.41) is 6.08. The van der Waals surface area contributed by atoms with Crippen molar-refractivity contribution in [2.75, 3.05) is 10.7 Å². The number of benzene rings is 2. The Morgan fingerprint density at radius 3 is 2.76 bits per heavy atom. The lowest BCUT2D eigenvalue weighted by atomic mass is 10.0. The van der Waals surface area contributed by atoms with E-state index >= 15 is 0 Å². The fourth-order valence-corrected chi connectivity index (χ4v) is 2.34. The van der Waals surface area contributed by atoms with E-state index in [1.165, 1.54) is 22.5 Å². The van der Waals surface area contributed by atoms with Gasteiger partial charge in [0.05, 0.1) is 6.20 Å². The fraction of sp³-hybridized carbons (Fsp3) is 0.0667. The van der Waals surface area contributed by atoms with Gasteiger partial charge in [0.15, 0.2) is 5.82 Å². The van der Waals surface area contributed by atoms with Crippen molar-refractivity contribution < 1.29 is 0 Å². The Balaban J connectivity index is 1.87. The van der Waals surface area contributed by atoms with Gasteiger partial charge in [-0.3, -0.25) is 5.43 Å². The minimum absolute atomic E-state index is 0.319. The van der Waals surface area contributed by atoms with Gasteiger partial charge in [-0.1, -0.05) is 54.1 Å². The lowest BCUT2D eigenvalue weighted by Gasteiger charge is -2.10. The first-order chi connectivity index (χ1) is 10.3. The van der Waals surface area contributed by atoms with Gasteiger partial charge in [0.1, 0.15) is 5.02 Å². The fourth-order valence-electron chi connectivity index (χ4n) is 2.19. The molecule has 0 unspecified atom stereocenters. The molecule has 1 aromatic heterocycles. The van der Waals surface area contributed by atoms with Crippen LogP contribution in [0.2, 0.25) is 5.02 Å². The predicted molar refractivity (Wildman–Crippen MR) is 86.1 cm³/mol. The van der Waals surface area contributed by atoms with E-state index in [2.05, 4.69) is 45.0 Å². The number of nitrogen functional groups attached to an aromatic ring is 1. The van der Waals surface area contributed by atoms with Crippen molar-refractivity contribution >= 4 is 34.1 Å². The summed E-state index contributed by atoms with van der Waals surface area (Å²) in [6, 6.07) is 14.4. The molecular formula is C15H14ClN5. The number of rotatable bonds is 4. The van der Waals surface area contributed by atoms with Gasteiger partial charge in [0.25, 0.3) is 0 Å². The zero-order valence-corrected chi connectivity index (χ0v) is 11.9. The van der Waals surface area contributed by atoms with Crippen LogP contribution in [-0.2, 0) is 6.54 Å². The number of nitrogens with one attached hydrogen (secondary N) is 2. The summed E-state index contributed by atoms with van der Waals surface area (Å²) < 4.78 is 0. The van der Waals surface area contributed by atoms with Crippen LogP contribution in [0.3, 0.4) is 0 Å². The highest BCUT2D eigenvalue weighted by molar-refractivity contribution is 6.32. The van der Waals surface area contributed by atoms with E-state index in [4.69, 9.17) is 17.4 Å². The number of hydrazine groups is 1. The average Bonchev–Trinajstić information content (AvgIpc) is 2.54. The minimum atomic E-state index is 0.319. The SMILES string of the molecule is NNc1ncc(Cl)c(NCc2cccc3ccccc23)n1. The summed E-state index contributed by atoms with van der Waals surface area (Å²) in [6.45, 7) is 0.613. The van der Waals surface area contributed by atoms with Crippen LogP contribution in [0.4, 0.5) is 11.8 Å². The molecule has 21 heavy (non-hydrogen) atoms. The molecule has 0 aliphatic carbocycles. The average molecular weight is 300 g/mol. The maximum atomic E-state index is 6.08. The van der Waals surface area contributed by atoms with Crippen molar-refractivity contribution in [2.45, 2.75) is 6.54 Å². The molecule has 0 aliphatic heterocycles. The molecule has 106 valence electrons. The summed E-state index contributed by atoms with van der Waals surface area (Å²) in [7, 11) is 0. The van der Waals surface area contributed by atoms with Crippen molar-refractivity contribution in [1.82, 2.24) is 9.97 Å². The molecule has 0 atom stereocenters. The zero-order valence-electron chi connectivity index (χ0n) is 11.2. The Hall–Kier alpha value is -2.37. The van der Waals surface area contributed by atoms with Crippen LogP contribution in [0.1, 0.15) is 5.56 Å². The molecule has 6 heteroatoms. The van der Waals surface area contributed by atoms with Crippen LogP contribution in [0.15, 0.2) is 48.7 Å². The molecule has 5 nitrogen and oxygen atoms in total. The van der Waals surface area contributed by atoms with Crippen molar-refractivity contribution in [3.8, 4) is 0 Å². The molecule has 0 radical (unpaired) electrons. The molecule has 0 spiro atoms. The third-order valence-corrected chi connectivity index (χ3v) is 3.48. The highest BCUT2D eigenvalue weighted by Gasteiger charge is 2.06. The maximum Gasteiger partial charge on any atom is 0.239 e. The summed E-state index contributed by atoms with van der Waals surface area (Å²) in [5.74, 6) is 6.17. The third-order valence-electron chi connectivity index (χ3n) is 3.20. The third kappa shape index (κ3) is 2.89. The van der Waals surface area contributed by atoms with Crippen LogP contribution in [0.25, 0.3) is 10.8 Å². The summed E-state index contributed by atoms with van der Waals surface area (Å²) in [5.41, 5.74) is 3.57. The van der Waals surface area contributed by atoms with E-state index in [0.717, 1.165) is 0 Å². The van der Waals surface area contributed by atoms with Crippen LogP contribution >= 0.6 is 11.6 Å². The number of hydrogen-bond acceptors (Lipinski definition) is 5. The molecule has 0 aliphatic rings. The van der Waals surface area contributed by atoms with Gasteiger partial charge in [0.2, 0.25) is 5.95 Å². The minimum Gasteiger partial charge on any atom is -0.365 e. The number of nitrogens with zero attached hydrogens (tertiary/aromatic N) is 2. The molecule has 0 bridgehead atoms. The van der Waals surface area contributed by atoms with Crippen molar-refractivity contribution in [2.24, 2.45) is 5.84 Å². The predicted octanol–water partition coefficient (Wildman–Crippen LogP) is 3.18. The number of fused-ring (bicyclic) bond motifs is 1. The van der Waals surface area contributed by atoms with Crippen LogP contribution in [-0.4, -0.2) is 9.97 Å². The van der Waals surface area contributed by atoms with Gasteiger partial charge in [-0.15, -0.1) is 0 Å². The number of nitrogens with two attached hydrogens (primary N) is 1. The molecule has 0 amide bonds. The first-order valence-corrected chi connectivity index (χ1v) is 6.85. The lowest BCUT2D eigenvalue weighted by Crippen LogP contribution is -2.12. The van der Waals surface area contributed by atoms with Crippen molar-refractivity contribution in [3.63, 3.8) is 0 Å². The zero-order chi connectivity index (χ0) is 14.7. The number of anilines is 2. The number of aromatic nitrogens is 2. The van der Waals surface area contributed by atoms with Crippen LogP contribution in [0, 0.1) is 0 Å². The largest absolute Gasteiger partial charge is 0.365 e. The lowest BCUT2D eigenvalue weighted by molar-refractivity contribution is 1.07. The van der Waals surface area contributed by atoms with Gasteiger partial charge in [-0.2, -0.15) is 4.98 Å². The highest BCUT2D eigenvalue weighted by atomic mass is 35.5. The van der Waals surface area contributed by atoms with E-state index in [0.29, 0.717) is 23.3 Å². The number of halogens is 1. The molecule has 3 rings (SSSR count). The van der Waals surface area contributed by atoms with Gasteiger partial charge in [0, 0.05) is 6.54 Å². The van der Waals surface area contributed by atoms with Crippen LogP contribution in [0.5, 0.6) is 0 Å². The van der Waals surface area contributed by atoms with Gasteiger partial charge < -0.3 is 5.32 Å². The van der Waals surface area contributed by atoms with Gasteiger partial charge in [-0.05, 0) is 16.3 Å². The first kappa shape index (κ1) is 13.6. The molecular weight excluding hydrogens is 286 g/mol. The normalized spacial score (nSPS) is 10.6. The van der Waals surface area contributed by atoms with E-state index in [1.807, 2.05) is 18.2 Å². The highest BCUT2D eigenvalue weighted by Crippen LogP contribution is 2.22. The smallest absolute Gasteiger partial charge is 0.239 e. The topological polar surface area (TPSA) is 75.9 Å². The molecule has 1 heterocycles. The molecule has 2 aromatic carbocycles. The monoisotopic (exact) mass is 299 g/mol. The Bertz CT molecular complexity index is 770. The Kier molecular flexibility index (Phi) is 3.85. The summed E-state index contributed by atoms with van der Waals surface area (Å²) in [6.07, 6.45) is 1.51. The Morgan fingerprint density at radius 2 is 1.90 bits per heavy atom. The Morgan fingerprint density at radius 1 is 1.10 bits per heavy atom. The van der Waals surface area contributed by atoms with Gasteiger partial charge in [-0.25, -0.2) is 10.8 Å². The van der Waals surface area contributed by atoms with Gasteiger partial charge >= 0.3 is 0 Å². The quantitative estimate of drug-likeness (QED) is 0.509. The summed E-state index contributed by atoms with van der Waals surface area (Å²) in [4.78, 5) is 8.14. The second-order valence-corrected chi connectivity index (χ2v) is 4.93. The molecule has 0 saturated carbocycles. The standard InChI is InChI=1S/C15H14ClN5/c16-13-9-19-15(21-17)20-14(13)18-8-11-6-3-5-10-4-1-2-7-12(10)11/h1-7,9H,8,17H2,(H2,18,19,20,21). The van der Waals surface area contributed by atoms with Crippen molar-refractivity contribution in [3.05, 3.63) is 59.2 Å². The summed E-state index contributed by atoms with van der Waals surface area (Å²) >= 11 is 6.08. The molecule has 0 fully saturated rings. The van der Waals surface area contributed by atoms with E-state index in [1.54, 1.807) is 0 Å².